The SMILES string of the molecule is COc1ccc(C(CN)N2CCOC(C#N)C2)cc1. The van der Waals surface area contributed by atoms with E-state index in [0.29, 0.717) is 19.7 Å². The maximum absolute atomic E-state index is 8.95. The highest BCUT2D eigenvalue weighted by Gasteiger charge is 2.26. The normalized spacial score (nSPS) is 21.6. The Hall–Kier alpha value is -1.61. The van der Waals surface area contributed by atoms with Gasteiger partial charge in [0.2, 0.25) is 0 Å². The highest BCUT2D eigenvalue weighted by molar-refractivity contribution is 5.29. The molecule has 0 bridgehead atoms. The van der Waals surface area contributed by atoms with E-state index in [-0.39, 0.29) is 12.1 Å². The van der Waals surface area contributed by atoms with E-state index < -0.39 is 0 Å². The molecule has 0 amide bonds. The van der Waals surface area contributed by atoms with E-state index in [2.05, 4.69) is 11.0 Å². The molecule has 102 valence electrons. The van der Waals surface area contributed by atoms with Gasteiger partial charge in [0.15, 0.2) is 6.10 Å². The number of benzene rings is 1. The molecule has 5 nitrogen and oxygen atoms in total. The number of methoxy groups -OCH3 is 1. The molecule has 1 aromatic carbocycles. The Bertz CT molecular complexity index is 441. The van der Waals surface area contributed by atoms with Crippen molar-refractivity contribution in [3.05, 3.63) is 29.8 Å². The van der Waals surface area contributed by atoms with Gasteiger partial charge >= 0.3 is 0 Å². The van der Waals surface area contributed by atoms with Crippen molar-refractivity contribution in [2.45, 2.75) is 12.1 Å². The third kappa shape index (κ3) is 3.24. The lowest BCUT2D eigenvalue weighted by Gasteiger charge is -2.36. The average Bonchev–Trinajstić information content (AvgIpc) is 2.49. The Morgan fingerprint density at radius 3 is 2.84 bits per heavy atom. The van der Waals surface area contributed by atoms with Crippen LogP contribution in [0.25, 0.3) is 0 Å². The molecular weight excluding hydrogens is 242 g/mol. The van der Waals surface area contributed by atoms with Crippen LogP contribution in [-0.2, 0) is 4.74 Å². The zero-order chi connectivity index (χ0) is 13.7. The smallest absolute Gasteiger partial charge is 0.156 e. The summed E-state index contributed by atoms with van der Waals surface area (Å²) in [5, 5.41) is 8.95. The van der Waals surface area contributed by atoms with Crippen LogP contribution in [0.2, 0.25) is 0 Å². The van der Waals surface area contributed by atoms with Crippen LogP contribution in [0.15, 0.2) is 24.3 Å². The molecule has 0 radical (unpaired) electrons. The largest absolute Gasteiger partial charge is 0.497 e. The van der Waals surface area contributed by atoms with Gasteiger partial charge in [-0.1, -0.05) is 12.1 Å². The lowest BCUT2D eigenvalue weighted by Crippen LogP contribution is -2.45. The second kappa shape index (κ2) is 6.53. The standard InChI is InChI=1S/C14H19N3O2/c1-18-12-4-2-11(3-5-12)14(9-16)17-6-7-19-13(8-15)10-17/h2-5,13-14H,6-7,9-10,16H2,1H3. The monoisotopic (exact) mass is 261 g/mol. The predicted molar refractivity (Wildman–Crippen MR) is 71.7 cm³/mol. The van der Waals surface area contributed by atoms with Gasteiger partial charge in [0.05, 0.1) is 19.8 Å². The van der Waals surface area contributed by atoms with Crippen molar-refractivity contribution in [2.24, 2.45) is 5.73 Å². The van der Waals surface area contributed by atoms with Gasteiger partial charge in [-0.25, -0.2) is 0 Å². The van der Waals surface area contributed by atoms with Crippen molar-refractivity contribution in [1.82, 2.24) is 4.90 Å². The molecule has 0 aliphatic carbocycles. The van der Waals surface area contributed by atoms with E-state index in [4.69, 9.17) is 20.5 Å². The second-order valence-electron chi connectivity index (χ2n) is 4.51. The summed E-state index contributed by atoms with van der Waals surface area (Å²) in [6, 6.07) is 10.2. The van der Waals surface area contributed by atoms with E-state index in [1.54, 1.807) is 7.11 Å². The van der Waals surface area contributed by atoms with Crippen LogP contribution in [0, 0.1) is 11.3 Å². The molecule has 2 unspecified atom stereocenters. The molecule has 1 aromatic rings. The fourth-order valence-corrected chi connectivity index (χ4v) is 2.35. The van der Waals surface area contributed by atoms with E-state index in [9.17, 15) is 0 Å². The maximum atomic E-state index is 8.95. The van der Waals surface area contributed by atoms with Gasteiger partial charge in [0.1, 0.15) is 5.75 Å². The van der Waals surface area contributed by atoms with Crippen molar-refractivity contribution in [1.29, 1.82) is 5.26 Å². The first-order valence-corrected chi connectivity index (χ1v) is 6.37. The van der Waals surface area contributed by atoms with Crippen LogP contribution in [0.1, 0.15) is 11.6 Å². The van der Waals surface area contributed by atoms with Gasteiger partial charge in [-0.2, -0.15) is 5.26 Å². The number of morpholine rings is 1. The van der Waals surface area contributed by atoms with Crippen LogP contribution in [0.4, 0.5) is 0 Å². The number of hydrogen-bond acceptors (Lipinski definition) is 5. The quantitative estimate of drug-likeness (QED) is 0.872. The van der Waals surface area contributed by atoms with Crippen molar-refractivity contribution in [3.63, 3.8) is 0 Å². The van der Waals surface area contributed by atoms with Crippen LogP contribution in [0.3, 0.4) is 0 Å². The Labute approximate surface area is 113 Å². The number of nitrogens with two attached hydrogens (primary N) is 1. The van der Waals surface area contributed by atoms with Gasteiger partial charge < -0.3 is 15.2 Å². The number of hydrogen-bond donors (Lipinski definition) is 1. The summed E-state index contributed by atoms with van der Waals surface area (Å²) < 4.78 is 10.5. The first-order chi connectivity index (χ1) is 9.28. The van der Waals surface area contributed by atoms with Crippen LogP contribution >= 0.6 is 0 Å². The Balaban J connectivity index is 2.12. The molecule has 0 saturated carbocycles. The molecule has 19 heavy (non-hydrogen) atoms. The average molecular weight is 261 g/mol. The molecule has 0 aromatic heterocycles. The molecule has 1 saturated heterocycles. The lowest BCUT2D eigenvalue weighted by atomic mass is 10.0. The Morgan fingerprint density at radius 1 is 1.53 bits per heavy atom. The van der Waals surface area contributed by atoms with Crippen LogP contribution < -0.4 is 10.5 Å². The number of rotatable bonds is 4. The van der Waals surface area contributed by atoms with E-state index >= 15 is 0 Å². The molecule has 0 spiro atoms. The highest BCUT2D eigenvalue weighted by Crippen LogP contribution is 2.24. The van der Waals surface area contributed by atoms with Gasteiger partial charge in [-0.05, 0) is 17.7 Å². The van der Waals surface area contributed by atoms with Crippen molar-refractivity contribution >= 4 is 0 Å². The lowest BCUT2D eigenvalue weighted by molar-refractivity contribution is -0.0161. The molecule has 1 aliphatic rings. The van der Waals surface area contributed by atoms with Crippen LogP contribution in [0.5, 0.6) is 5.75 Å². The highest BCUT2D eigenvalue weighted by atomic mass is 16.5. The van der Waals surface area contributed by atoms with E-state index in [1.165, 1.54) is 0 Å². The Morgan fingerprint density at radius 2 is 2.26 bits per heavy atom. The van der Waals surface area contributed by atoms with E-state index in [1.807, 2.05) is 24.3 Å². The number of nitriles is 1. The third-order valence-electron chi connectivity index (χ3n) is 3.41. The molecule has 5 heteroatoms. The molecule has 2 rings (SSSR count). The van der Waals surface area contributed by atoms with Gasteiger partial charge in [0.25, 0.3) is 0 Å². The fraction of sp³-hybridized carbons (Fsp3) is 0.500. The first-order valence-electron chi connectivity index (χ1n) is 6.37. The summed E-state index contributed by atoms with van der Waals surface area (Å²) in [6.07, 6.45) is -0.360. The zero-order valence-electron chi connectivity index (χ0n) is 11.1. The van der Waals surface area contributed by atoms with Crippen LogP contribution in [-0.4, -0.2) is 44.4 Å². The summed E-state index contributed by atoms with van der Waals surface area (Å²) in [5.41, 5.74) is 7.04. The molecule has 1 fully saturated rings. The molecule has 2 N–H and O–H groups in total. The summed E-state index contributed by atoms with van der Waals surface area (Å²) in [4.78, 5) is 2.21. The van der Waals surface area contributed by atoms with Gasteiger partial charge in [0, 0.05) is 25.7 Å². The minimum Gasteiger partial charge on any atom is -0.497 e. The first kappa shape index (κ1) is 13.8. The number of nitrogens with zero attached hydrogens (tertiary/aromatic N) is 2. The van der Waals surface area contributed by atoms with Crippen molar-refractivity contribution in [3.8, 4) is 11.8 Å². The molecule has 1 aliphatic heterocycles. The number of ether oxygens (including phenoxy) is 2. The molecular formula is C14H19N3O2. The minimum absolute atomic E-state index is 0.116. The topological polar surface area (TPSA) is 71.5 Å². The van der Waals surface area contributed by atoms with Crippen molar-refractivity contribution < 1.29 is 9.47 Å². The molecule has 2 atom stereocenters. The summed E-state index contributed by atoms with van der Waals surface area (Å²) in [5.74, 6) is 0.830. The minimum atomic E-state index is -0.360. The summed E-state index contributed by atoms with van der Waals surface area (Å²) in [6.45, 7) is 2.49. The summed E-state index contributed by atoms with van der Waals surface area (Å²) >= 11 is 0. The molecule has 1 heterocycles. The Kier molecular flexibility index (Phi) is 4.74. The fourth-order valence-electron chi connectivity index (χ4n) is 2.35. The predicted octanol–water partition coefficient (Wildman–Crippen LogP) is 0.919. The van der Waals surface area contributed by atoms with Gasteiger partial charge in [-0.15, -0.1) is 0 Å². The van der Waals surface area contributed by atoms with Gasteiger partial charge in [-0.3, -0.25) is 4.90 Å². The zero-order valence-corrected chi connectivity index (χ0v) is 11.1. The summed E-state index contributed by atoms with van der Waals surface area (Å²) in [7, 11) is 1.65. The second-order valence-corrected chi connectivity index (χ2v) is 4.51. The maximum Gasteiger partial charge on any atom is 0.156 e. The third-order valence-corrected chi connectivity index (χ3v) is 3.41. The van der Waals surface area contributed by atoms with Crippen molar-refractivity contribution in [2.75, 3.05) is 33.4 Å². The van der Waals surface area contributed by atoms with E-state index in [0.717, 1.165) is 17.9 Å².